The largest absolute Gasteiger partial charge is 0.361 e. The molecule has 0 saturated heterocycles. The van der Waals surface area contributed by atoms with Crippen LogP contribution >= 0.6 is 11.8 Å². The van der Waals surface area contributed by atoms with Crippen LogP contribution in [0.15, 0.2) is 4.79 Å². The normalized spacial score (nSPS) is 9.89. The molecule has 6 heteroatoms. The molecule has 0 atom stereocenters. The zero-order chi connectivity index (χ0) is 6.69. The fourth-order valence-electron chi connectivity index (χ4n) is 0.424. The number of aromatic amines is 1. The van der Waals surface area contributed by atoms with Gasteiger partial charge in [0.15, 0.2) is 0 Å². The first-order chi connectivity index (χ1) is 4.34. The average Bonchev–Trinajstić information content (AvgIpc) is 2.18. The van der Waals surface area contributed by atoms with Crippen molar-refractivity contribution in [1.82, 2.24) is 20.2 Å². The Morgan fingerprint density at radius 3 is 3.11 bits per heavy atom. The van der Waals surface area contributed by atoms with Crippen LogP contribution in [0.25, 0.3) is 0 Å². The van der Waals surface area contributed by atoms with Gasteiger partial charge in [-0.15, -0.1) is 11.8 Å². The Morgan fingerprint density at radius 1 is 1.89 bits per heavy atom. The van der Waals surface area contributed by atoms with Gasteiger partial charge in [0.25, 0.3) is 0 Å². The summed E-state index contributed by atoms with van der Waals surface area (Å²) in [5.74, 6) is 0.551. The molecule has 0 aliphatic rings. The van der Waals surface area contributed by atoms with E-state index in [2.05, 4.69) is 15.5 Å². The highest BCUT2D eigenvalue weighted by molar-refractivity contribution is 7.97. The van der Waals surface area contributed by atoms with Crippen LogP contribution in [0.3, 0.4) is 0 Å². The van der Waals surface area contributed by atoms with E-state index in [1.54, 1.807) is 0 Å². The van der Waals surface area contributed by atoms with E-state index in [9.17, 15) is 4.79 Å². The molecule has 1 heterocycles. The van der Waals surface area contributed by atoms with Crippen molar-refractivity contribution in [3.05, 3.63) is 10.5 Å². The number of hydrogen-bond acceptors (Lipinski definition) is 4. The molecule has 0 fully saturated rings. The van der Waals surface area contributed by atoms with Gasteiger partial charge in [0.05, 0.1) is 5.88 Å². The minimum absolute atomic E-state index is 0.260. The quantitative estimate of drug-likeness (QED) is 0.598. The van der Waals surface area contributed by atoms with E-state index in [0.29, 0.717) is 5.88 Å². The molecule has 0 radical (unpaired) electrons. The number of thioether (sulfide) groups is 1. The Labute approximate surface area is 55.4 Å². The van der Waals surface area contributed by atoms with E-state index in [4.69, 9.17) is 0 Å². The van der Waals surface area contributed by atoms with E-state index < -0.39 is 0 Å². The minimum Gasteiger partial charge on any atom is -0.244 e. The molecular formula is C3H6N4OS. The first kappa shape index (κ1) is 6.34. The monoisotopic (exact) mass is 146 g/mol. The second-order valence-electron chi connectivity index (χ2n) is 1.42. The third-order valence-corrected chi connectivity index (χ3v) is 1.29. The van der Waals surface area contributed by atoms with Crippen LogP contribution < -0.4 is 5.69 Å². The summed E-state index contributed by atoms with van der Waals surface area (Å²) in [6, 6.07) is 0. The van der Waals surface area contributed by atoms with Crippen molar-refractivity contribution in [1.29, 1.82) is 0 Å². The van der Waals surface area contributed by atoms with Gasteiger partial charge >= 0.3 is 5.69 Å². The van der Waals surface area contributed by atoms with Gasteiger partial charge in [0, 0.05) is 0 Å². The summed E-state index contributed by atoms with van der Waals surface area (Å²) >= 11 is 1.51. The lowest BCUT2D eigenvalue weighted by Gasteiger charge is -1.88. The minimum atomic E-state index is -0.260. The van der Waals surface area contributed by atoms with Crippen LogP contribution in [0.1, 0.15) is 0 Å². The van der Waals surface area contributed by atoms with Gasteiger partial charge in [0.2, 0.25) is 0 Å². The maximum atomic E-state index is 10.6. The lowest BCUT2D eigenvalue weighted by molar-refractivity contribution is 0.683. The third kappa shape index (κ3) is 1.32. The molecule has 9 heavy (non-hydrogen) atoms. The predicted octanol–water partition coefficient (Wildman–Crippen LogP) is -0.713. The average molecular weight is 146 g/mol. The molecule has 0 aromatic carbocycles. The van der Waals surface area contributed by atoms with Gasteiger partial charge in [-0.3, -0.25) is 0 Å². The van der Waals surface area contributed by atoms with E-state index in [1.165, 1.54) is 16.4 Å². The highest BCUT2D eigenvalue weighted by atomic mass is 32.2. The summed E-state index contributed by atoms with van der Waals surface area (Å²) in [6.45, 7) is 0. The number of H-pyrrole nitrogens is 1. The van der Waals surface area contributed by atoms with E-state index in [1.807, 2.05) is 6.26 Å². The van der Waals surface area contributed by atoms with Crippen molar-refractivity contribution in [3.63, 3.8) is 0 Å². The van der Waals surface area contributed by atoms with Crippen LogP contribution in [0.4, 0.5) is 0 Å². The Hall–Kier alpha value is -0.780. The van der Waals surface area contributed by atoms with Gasteiger partial charge in [-0.05, 0) is 16.7 Å². The topological polar surface area (TPSA) is 63.6 Å². The maximum absolute atomic E-state index is 10.6. The molecule has 1 aromatic heterocycles. The lowest BCUT2D eigenvalue weighted by Crippen LogP contribution is -2.16. The highest BCUT2D eigenvalue weighted by Gasteiger charge is 1.93. The summed E-state index contributed by atoms with van der Waals surface area (Å²) < 4.78 is 1.25. The van der Waals surface area contributed by atoms with E-state index in [0.717, 1.165) is 0 Å². The number of hydrogen-bond donors (Lipinski definition) is 1. The second kappa shape index (κ2) is 2.67. The molecule has 0 unspecified atom stereocenters. The Morgan fingerprint density at radius 2 is 2.67 bits per heavy atom. The zero-order valence-electron chi connectivity index (χ0n) is 4.87. The van der Waals surface area contributed by atoms with Gasteiger partial charge in [0.1, 0.15) is 0 Å². The van der Waals surface area contributed by atoms with Crippen molar-refractivity contribution in [3.8, 4) is 0 Å². The summed E-state index contributed by atoms with van der Waals surface area (Å²) in [4.78, 5) is 10.6. The molecule has 0 aliphatic carbocycles. The van der Waals surface area contributed by atoms with Crippen LogP contribution in [-0.4, -0.2) is 26.5 Å². The summed E-state index contributed by atoms with van der Waals surface area (Å²) in [5.41, 5.74) is -0.260. The number of nitrogens with one attached hydrogen (secondary N) is 1. The Bertz CT molecular complexity index is 228. The molecule has 0 aliphatic heterocycles. The molecule has 0 amide bonds. The number of rotatable bonds is 2. The third-order valence-electron chi connectivity index (χ3n) is 0.784. The van der Waals surface area contributed by atoms with Gasteiger partial charge < -0.3 is 0 Å². The summed E-state index contributed by atoms with van der Waals surface area (Å²) in [5, 5.41) is 8.97. The first-order valence-electron chi connectivity index (χ1n) is 2.31. The predicted molar refractivity (Wildman–Crippen MR) is 34.2 cm³/mol. The van der Waals surface area contributed by atoms with Crippen LogP contribution in [0.2, 0.25) is 0 Å². The van der Waals surface area contributed by atoms with Crippen molar-refractivity contribution >= 4 is 11.8 Å². The summed E-state index contributed by atoms with van der Waals surface area (Å²) in [7, 11) is 0. The van der Waals surface area contributed by atoms with Gasteiger partial charge in [-0.1, -0.05) is 0 Å². The van der Waals surface area contributed by atoms with Crippen LogP contribution in [0, 0.1) is 0 Å². The number of nitrogens with zero attached hydrogens (tertiary/aromatic N) is 3. The fourth-order valence-corrected chi connectivity index (χ4v) is 0.838. The van der Waals surface area contributed by atoms with E-state index >= 15 is 0 Å². The van der Waals surface area contributed by atoms with Crippen LogP contribution in [0.5, 0.6) is 0 Å². The summed E-state index contributed by atoms with van der Waals surface area (Å²) in [6.07, 6.45) is 1.89. The molecule has 1 rings (SSSR count). The fraction of sp³-hybridized carbons (Fsp3) is 0.667. The Kier molecular flexibility index (Phi) is 1.88. The zero-order valence-corrected chi connectivity index (χ0v) is 5.68. The highest BCUT2D eigenvalue weighted by Crippen LogP contribution is 1.90. The van der Waals surface area contributed by atoms with Crippen molar-refractivity contribution in [2.45, 2.75) is 5.88 Å². The standard InChI is InChI=1S/C3H6N4OS/c1-9-2-7-3(8)4-5-6-7/h2H2,1H3,(H,4,6,8). The van der Waals surface area contributed by atoms with Crippen LogP contribution in [-0.2, 0) is 5.88 Å². The molecular weight excluding hydrogens is 140 g/mol. The second-order valence-corrected chi connectivity index (χ2v) is 2.26. The SMILES string of the molecule is CSCn1nn[nH]c1=O. The molecule has 1 N–H and O–H groups in total. The van der Waals surface area contributed by atoms with Gasteiger partial charge in [-0.25, -0.2) is 9.89 Å². The number of tetrazole rings is 1. The van der Waals surface area contributed by atoms with Crippen molar-refractivity contribution in [2.24, 2.45) is 0 Å². The first-order valence-corrected chi connectivity index (χ1v) is 3.71. The number of aromatic nitrogens is 4. The lowest BCUT2D eigenvalue weighted by atomic mass is 11.2. The molecule has 0 spiro atoms. The molecule has 5 nitrogen and oxygen atoms in total. The molecule has 1 aromatic rings. The molecule has 0 saturated carbocycles. The van der Waals surface area contributed by atoms with Crippen molar-refractivity contribution < 1.29 is 0 Å². The maximum Gasteiger partial charge on any atom is 0.361 e. The molecule has 0 bridgehead atoms. The van der Waals surface area contributed by atoms with Gasteiger partial charge in [-0.2, -0.15) is 4.68 Å². The Balaban J connectivity index is 2.81. The van der Waals surface area contributed by atoms with Crippen molar-refractivity contribution in [2.75, 3.05) is 6.26 Å². The van der Waals surface area contributed by atoms with E-state index in [-0.39, 0.29) is 5.69 Å². The molecule has 50 valence electrons. The smallest absolute Gasteiger partial charge is 0.244 e.